The molecular weight excluding hydrogens is 280 g/mol. The molecule has 6 nitrogen and oxygen atoms in total. The first kappa shape index (κ1) is 14.7. The van der Waals surface area contributed by atoms with Crippen LogP contribution < -0.4 is 9.80 Å². The second-order valence-corrected chi connectivity index (χ2v) is 6.02. The fourth-order valence-corrected chi connectivity index (χ4v) is 3.36. The van der Waals surface area contributed by atoms with E-state index in [4.69, 9.17) is 4.74 Å². The molecule has 0 aliphatic carbocycles. The van der Waals surface area contributed by atoms with Crippen LogP contribution in [0.3, 0.4) is 0 Å². The minimum absolute atomic E-state index is 0.305. The smallest absolute Gasteiger partial charge is 0.342 e. The Morgan fingerprint density at radius 3 is 2.77 bits per heavy atom. The number of hydrogen-bond donors (Lipinski definition) is 0. The molecule has 0 bridgehead atoms. The number of methoxy groups -OCH3 is 1. The van der Waals surface area contributed by atoms with Crippen LogP contribution in [0.4, 0.5) is 11.5 Å². The van der Waals surface area contributed by atoms with Crippen molar-refractivity contribution in [3.8, 4) is 0 Å². The molecule has 0 N–H and O–H groups in total. The summed E-state index contributed by atoms with van der Waals surface area (Å²) in [6.45, 7) is 2.88. The highest BCUT2D eigenvalue weighted by molar-refractivity contribution is 6.05. The number of fused-ring (bicyclic) bond motifs is 2. The van der Waals surface area contributed by atoms with Crippen molar-refractivity contribution in [3.05, 3.63) is 22.9 Å². The lowest BCUT2D eigenvalue weighted by Crippen LogP contribution is -2.30. The Morgan fingerprint density at radius 1 is 1.41 bits per heavy atom. The maximum atomic E-state index is 12.4. The summed E-state index contributed by atoms with van der Waals surface area (Å²) in [7, 11) is 7.48. The summed E-state index contributed by atoms with van der Waals surface area (Å²) in [6, 6.07) is 1.95. The normalized spacial score (nSPS) is 14.1. The third-order valence-electron chi connectivity index (χ3n) is 4.20. The highest BCUT2D eigenvalue weighted by atomic mass is 16.5. The Labute approximate surface area is 130 Å². The quantitative estimate of drug-likeness (QED) is 0.793. The van der Waals surface area contributed by atoms with E-state index in [-0.39, 0.29) is 5.97 Å². The maximum Gasteiger partial charge on any atom is 0.342 e. The van der Waals surface area contributed by atoms with Gasteiger partial charge >= 0.3 is 5.97 Å². The Morgan fingerprint density at radius 2 is 2.14 bits per heavy atom. The fraction of sp³-hybridized carbons (Fsp3) is 0.500. The van der Waals surface area contributed by atoms with E-state index in [2.05, 4.69) is 14.9 Å². The van der Waals surface area contributed by atoms with Gasteiger partial charge in [-0.15, -0.1) is 0 Å². The first-order chi connectivity index (χ1) is 10.5. The molecule has 2 aromatic heterocycles. The molecule has 118 valence electrons. The lowest BCUT2D eigenvalue weighted by molar-refractivity contribution is 0.0603. The van der Waals surface area contributed by atoms with Crippen LogP contribution in [0.5, 0.6) is 0 Å². The fourth-order valence-electron chi connectivity index (χ4n) is 3.36. The van der Waals surface area contributed by atoms with Gasteiger partial charge in [0, 0.05) is 33.3 Å². The van der Waals surface area contributed by atoms with Gasteiger partial charge in [-0.05, 0) is 25.8 Å². The average molecular weight is 302 g/mol. The van der Waals surface area contributed by atoms with Gasteiger partial charge in [-0.1, -0.05) is 0 Å². The summed E-state index contributed by atoms with van der Waals surface area (Å²) in [5.41, 5.74) is 4.45. The van der Waals surface area contributed by atoms with Gasteiger partial charge in [0.2, 0.25) is 0 Å². The van der Waals surface area contributed by atoms with Crippen LogP contribution in [0.1, 0.15) is 28.0 Å². The summed E-state index contributed by atoms with van der Waals surface area (Å²) in [4.78, 5) is 16.7. The number of nitrogens with zero attached hydrogens (tertiary/aromatic N) is 4. The highest BCUT2D eigenvalue weighted by Gasteiger charge is 2.30. The van der Waals surface area contributed by atoms with Gasteiger partial charge in [-0.3, -0.25) is 0 Å². The largest absolute Gasteiger partial charge is 0.465 e. The third kappa shape index (κ3) is 2.01. The molecule has 0 unspecified atom stereocenters. The van der Waals surface area contributed by atoms with Crippen molar-refractivity contribution in [1.82, 2.24) is 9.61 Å². The number of aryl methyl sites for hydroxylation is 1. The minimum Gasteiger partial charge on any atom is -0.465 e. The lowest BCUT2D eigenvalue weighted by atomic mass is 9.98. The number of esters is 1. The SMILES string of the molecule is COC(=O)c1c2c(c(N(C)C)n3nc(C)cc13)CCCN2C. The average Bonchev–Trinajstić information content (AvgIpc) is 2.84. The summed E-state index contributed by atoms with van der Waals surface area (Å²) < 4.78 is 6.92. The van der Waals surface area contributed by atoms with Gasteiger partial charge in [0.25, 0.3) is 0 Å². The van der Waals surface area contributed by atoms with Crippen molar-refractivity contribution in [1.29, 1.82) is 0 Å². The van der Waals surface area contributed by atoms with Gasteiger partial charge in [-0.2, -0.15) is 5.10 Å². The second kappa shape index (κ2) is 5.19. The molecule has 0 saturated heterocycles. The molecule has 3 heterocycles. The number of pyridine rings is 1. The van der Waals surface area contributed by atoms with Crippen molar-refractivity contribution in [2.45, 2.75) is 19.8 Å². The third-order valence-corrected chi connectivity index (χ3v) is 4.20. The molecular formula is C16H22N4O2. The summed E-state index contributed by atoms with van der Waals surface area (Å²) in [6.07, 6.45) is 2.00. The molecule has 1 aliphatic heterocycles. The van der Waals surface area contributed by atoms with Gasteiger partial charge < -0.3 is 14.5 Å². The Hall–Kier alpha value is -2.24. The monoisotopic (exact) mass is 302 g/mol. The number of carbonyl (C=O) groups excluding carboxylic acids is 1. The second-order valence-electron chi connectivity index (χ2n) is 6.02. The summed E-state index contributed by atoms with van der Waals surface area (Å²) in [5, 5.41) is 4.59. The van der Waals surface area contributed by atoms with Crippen molar-refractivity contribution in [3.63, 3.8) is 0 Å². The van der Waals surface area contributed by atoms with Crippen molar-refractivity contribution in [2.24, 2.45) is 0 Å². The number of ether oxygens (including phenoxy) is 1. The number of rotatable bonds is 2. The first-order valence-electron chi connectivity index (χ1n) is 7.47. The molecule has 0 amide bonds. The van der Waals surface area contributed by atoms with Crippen molar-refractivity contribution >= 4 is 23.0 Å². The predicted molar refractivity (Wildman–Crippen MR) is 87.2 cm³/mol. The van der Waals surface area contributed by atoms with Crippen LogP contribution in [-0.4, -0.2) is 50.4 Å². The molecule has 0 aromatic carbocycles. The molecule has 3 rings (SSSR count). The van der Waals surface area contributed by atoms with Crippen molar-refractivity contribution < 1.29 is 9.53 Å². The predicted octanol–water partition coefficient (Wildman–Crippen LogP) is 1.88. The molecule has 22 heavy (non-hydrogen) atoms. The van der Waals surface area contributed by atoms with Gasteiger partial charge in [0.05, 0.1) is 24.0 Å². The van der Waals surface area contributed by atoms with E-state index in [0.717, 1.165) is 47.7 Å². The lowest BCUT2D eigenvalue weighted by Gasteiger charge is -2.33. The van der Waals surface area contributed by atoms with Crippen LogP contribution in [0.2, 0.25) is 0 Å². The zero-order valence-corrected chi connectivity index (χ0v) is 13.8. The number of carbonyl (C=O) groups is 1. The van der Waals surface area contributed by atoms with E-state index in [1.165, 1.54) is 7.11 Å². The summed E-state index contributed by atoms with van der Waals surface area (Å²) in [5.74, 6) is 0.734. The van der Waals surface area contributed by atoms with Crippen LogP contribution in [0, 0.1) is 6.92 Å². The maximum absolute atomic E-state index is 12.4. The van der Waals surface area contributed by atoms with Gasteiger partial charge in [0.1, 0.15) is 11.4 Å². The van der Waals surface area contributed by atoms with Crippen molar-refractivity contribution in [2.75, 3.05) is 44.6 Å². The topological polar surface area (TPSA) is 50.1 Å². The number of anilines is 2. The zero-order valence-electron chi connectivity index (χ0n) is 13.8. The van der Waals surface area contributed by atoms with E-state index in [9.17, 15) is 4.79 Å². The molecule has 0 saturated carbocycles. The number of aromatic nitrogens is 2. The molecule has 1 aliphatic rings. The molecule has 6 heteroatoms. The van der Waals surface area contributed by atoms with E-state index in [1.54, 1.807) is 0 Å². The molecule has 0 radical (unpaired) electrons. The van der Waals surface area contributed by atoms with E-state index >= 15 is 0 Å². The van der Waals surface area contributed by atoms with Crippen LogP contribution in [0.15, 0.2) is 6.07 Å². The van der Waals surface area contributed by atoms with Crippen LogP contribution in [-0.2, 0) is 11.2 Å². The number of hydrogen-bond acceptors (Lipinski definition) is 5. The standard InChI is InChI=1S/C16H22N4O2/c1-10-9-12-13(16(21)22-5)14-11(7-6-8-19(14)4)15(18(2)3)20(12)17-10/h9H,6-8H2,1-5H3. The Kier molecular flexibility index (Phi) is 3.47. The van der Waals surface area contributed by atoms with Gasteiger partial charge in [0.15, 0.2) is 0 Å². The minimum atomic E-state index is -0.305. The molecule has 0 fully saturated rings. The van der Waals surface area contributed by atoms with E-state index < -0.39 is 0 Å². The van der Waals surface area contributed by atoms with E-state index in [1.807, 2.05) is 38.6 Å². The molecule has 0 spiro atoms. The van der Waals surface area contributed by atoms with Crippen LogP contribution >= 0.6 is 0 Å². The van der Waals surface area contributed by atoms with E-state index in [0.29, 0.717) is 5.56 Å². The molecule has 2 aromatic rings. The Bertz CT molecular complexity index is 748. The van der Waals surface area contributed by atoms with Crippen LogP contribution in [0.25, 0.3) is 5.52 Å². The van der Waals surface area contributed by atoms with Gasteiger partial charge in [-0.25, -0.2) is 9.31 Å². The summed E-state index contributed by atoms with van der Waals surface area (Å²) >= 11 is 0. The first-order valence-corrected chi connectivity index (χ1v) is 7.47. The Balaban J connectivity index is 2.49. The highest BCUT2D eigenvalue weighted by Crippen LogP contribution is 2.39. The zero-order chi connectivity index (χ0) is 16.0. The molecule has 0 atom stereocenters.